The Labute approximate surface area is 236 Å². The van der Waals surface area contributed by atoms with E-state index in [0.717, 1.165) is 66.6 Å². The second kappa shape index (κ2) is 14.9. The van der Waals surface area contributed by atoms with Crippen molar-refractivity contribution >= 4 is 23.0 Å². The zero-order valence-corrected chi connectivity index (χ0v) is 25.2. The normalized spacial score (nSPS) is 15.8. The summed E-state index contributed by atoms with van der Waals surface area (Å²) in [6.07, 6.45) is 12.4. The van der Waals surface area contributed by atoms with Gasteiger partial charge in [-0.25, -0.2) is 0 Å². The lowest BCUT2D eigenvalue weighted by atomic mass is 9.78. The molecule has 1 aliphatic carbocycles. The highest BCUT2D eigenvalue weighted by Gasteiger charge is 2.25. The van der Waals surface area contributed by atoms with E-state index in [1.54, 1.807) is 23.6 Å². The topological polar surface area (TPSA) is 58.4 Å². The van der Waals surface area contributed by atoms with Gasteiger partial charge in [0, 0.05) is 24.3 Å². The van der Waals surface area contributed by atoms with Gasteiger partial charge in [0.15, 0.2) is 5.78 Å². The fourth-order valence-electron chi connectivity index (χ4n) is 5.95. The van der Waals surface area contributed by atoms with Gasteiger partial charge in [0.05, 0.1) is 12.6 Å². The largest absolute Gasteiger partial charge is 0.393 e. The maximum atomic E-state index is 11.5. The summed E-state index contributed by atoms with van der Waals surface area (Å²) in [4.78, 5) is 14.3. The second-order valence-corrected chi connectivity index (χ2v) is 11.4. The summed E-state index contributed by atoms with van der Waals surface area (Å²) in [5, 5.41) is 14.3. The molecule has 0 bridgehead atoms. The molecule has 4 rings (SSSR count). The Morgan fingerprint density at radius 3 is 2.37 bits per heavy atom. The van der Waals surface area contributed by atoms with Gasteiger partial charge in [-0.3, -0.25) is 9.48 Å². The molecule has 2 heterocycles. The molecule has 1 aromatic carbocycles. The number of likely N-dealkylation sites (tertiary alicyclic amines) is 1. The first-order valence-corrected chi connectivity index (χ1v) is 15.4. The number of benzene rings is 1. The molecule has 2 aromatic rings. The summed E-state index contributed by atoms with van der Waals surface area (Å²) in [5.74, 6) is 0.929. The van der Waals surface area contributed by atoms with Crippen LogP contribution in [0.25, 0.3) is 0 Å². The van der Waals surface area contributed by atoms with Crippen LogP contribution in [0, 0.1) is 0 Å². The molecule has 1 N–H and O–H groups in total. The van der Waals surface area contributed by atoms with Crippen LogP contribution < -0.4 is 0 Å². The highest BCUT2D eigenvalue weighted by molar-refractivity contribution is 7.80. The van der Waals surface area contributed by atoms with Gasteiger partial charge in [-0.1, -0.05) is 77.4 Å². The number of nitrogens with zero attached hydrogens (tertiary/aromatic N) is 3. The lowest BCUT2D eigenvalue weighted by Crippen LogP contribution is -2.40. The average Bonchev–Trinajstić information content (AvgIpc) is 3.24. The number of piperidine rings is 1. The molecule has 38 heavy (non-hydrogen) atoms. The van der Waals surface area contributed by atoms with E-state index in [-0.39, 0.29) is 11.9 Å². The molecule has 1 atom stereocenters. The van der Waals surface area contributed by atoms with Crippen LogP contribution in [0.4, 0.5) is 0 Å². The SMILES string of the molecule is CCCCC(CCC)c1cccc2c1CC2.CCc1c(C(=S)N2CCC(O)CC2)nn(CC(C)=O)c1CC. The van der Waals surface area contributed by atoms with Crippen LogP contribution in [0.1, 0.15) is 119 Å². The van der Waals surface area contributed by atoms with Crippen LogP contribution in [0.15, 0.2) is 18.2 Å². The monoisotopic (exact) mass is 539 g/mol. The number of carbonyl (C=O) groups excluding carboxylic acids is 1. The minimum Gasteiger partial charge on any atom is -0.393 e. The van der Waals surface area contributed by atoms with Gasteiger partial charge in [-0.05, 0) is 80.9 Å². The van der Waals surface area contributed by atoms with E-state index < -0.39 is 0 Å². The van der Waals surface area contributed by atoms with Crippen molar-refractivity contribution in [1.82, 2.24) is 14.7 Å². The van der Waals surface area contributed by atoms with E-state index in [4.69, 9.17) is 12.2 Å². The summed E-state index contributed by atoms with van der Waals surface area (Å²) in [5.41, 5.74) is 8.09. The number of aromatic nitrogens is 2. The third kappa shape index (κ3) is 7.53. The highest BCUT2D eigenvalue weighted by Crippen LogP contribution is 2.35. The molecule has 5 nitrogen and oxygen atoms in total. The van der Waals surface area contributed by atoms with Crippen molar-refractivity contribution in [1.29, 1.82) is 0 Å². The number of Topliss-reactive ketones (excluding diaryl/α,β-unsaturated/α-hetero) is 1. The molecule has 0 spiro atoms. The van der Waals surface area contributed by atoms with Crippen LogP contribution >= 0.6 is 12.2 Å². The number of hydrogen-bond donors (Lipinski definition) is 1. The van der Waals surface area contributed by atoms with Crippen molar-refractivity contribution in [3.63, 3.8) is 0 Å². The van der Waals surface area contributed by atoms with Crippen LogP contribution in [0.5, 0.6) is 0 Å². The third-order valence-corrected chi connectivity index (χ3v) is 8.57. The first-order chi connectivity index (χ1) is 18.3. The molecular formula is C32H49N3O2S. The van der Waals surface area contributed by atoms with Crippen LogP contribution in [0.2, 0.25) is 0 Å². The number of rotatable bonds is 11. The number of aliphatic hydroxyl groups is 1. The summed E-state index contributed by atoms with van der Waals surface area (Å²) in [7, 11) is 0. The molecule has 0 radical (unpaired) electrons. The smallest absolute Gasteiger partial charge is 0.151 e. The molecular weight excluding hydrogens is 490 g/mol. The fourth-order valence-corrected chi connectivity index (χ4v) is 6.29. The molecule has 0 amide bonds. The van der Waals surface area contributed by atoms with Crippen molar-refractivity contribution < 1.29 is 9.90 Å². The lowest BCUT2D eigenvalue weighted by Gasteiger charge is -2.31. The van der Waals surface area contributed by atoms with E-state index >= 15 is 0 Å². The maximum absolute atomic E-state index is 11.5. The Kier molecular flexibility index (Phi) is 12.0. The number of aliphatic hydroxyl groups excluding tert-OH is 1. The van der Waals surface area contributed by atoms with E-state index in [0.29, 0.717) is 6.54 Å². The minimum absolute atomic E-state index is 0.0958. The molecule has 210 valence electrons. The average molecular weight is 540 g/mol. The zero-order chi connectivity index (χ0) is 27.7. The van der Waals surface area contributed by atoms with Crippen molar-refractivity contribution in [2.75, 3.05) is 13.1 Å². The van der Waals surface area contributed by atoms with E-state index in [1.165, 1.54) is 44.9 Å². The van der Waals surface area contributed by atoms with Crippen molar-refractivity contribution in [2.45, 2.75) is 124 Å². The van der Waals surface area contributed by atoms with Crippen molar-refractivity contribution in [3.8, 4) is 0 Å². The van der Waals surface area contributed by atoms with Crippen molar-refractivity contribution in [3.05, 3.63) is 51.8 Å². The van der Waals surface area contributed by atoms with Crippen LogP contribution in [-0.2, 0) is 37.0 Å². The van der Waals surface area contributed by atoms with E-state index in [9.17, 15) is 9.90 Å². The summed E-state index contributed by atoms with van der Waals surface area (Å²) in [6, 6.07) is 6.96. The fraction of sp³-hybridized carbons (Fsp3) is 0.656. The number of ketones is 1. The maximum Gasteiger partial charge on any atom is 0.151 e. The minimum atomic E-state index is -0.217. The lowest BCUT2D eigenvalue weighted by molar-refractivity contribution is -0.117. The van der Waals surface area contributed by atoms with Gasteiger partial charge in [0.1, 0.15) is 10.7 Å². The van der Waals surface area contributed by atoms with E-state index in [1.807, 2.05) is 4.68 Å². The van der Waals surface area contributed by atoms with Crippen LogP contribution in [-0.4, -0.2) is 49.8 Å². The zero-order valence-electron chi connectivity index (χ0n) is 24.4. The van der Waals surface area contributed by atoms with Crippen molar-refractivity contribution in [2.24, 2.45) is 0 Å². The number of aryl methyl sites for hydroxylation is 1. The molecule has 6 heteroatoms. The quantitative estimate of drug-likeness (QED) is 0.327. The number of carbonyl (C=O) groups is 1. The highest BCUT2D eigenvalue weighted by atomic mass is 32.1. The van der Waals surface area contributed by atoms with Gasteiger partial charge in [-0.2, -0.15) is 5.10 Å². The Morgan fingerprint density at radius 1 is 1.08 bits per heavy atom. The number of thiocarbonyl (C=S) groups is 1. The molecule has 1 saturated heterocycles. The molecule has 2 aliphatic rings. The summed E-state index contributed by atoms with van der Waals surface area (Å²) < 4.78 is 1.81. The standard InChI is InChI=1S/C16H25N3O2S.C16H24/c1-4-13-14(5-2)19(10-11(3)20)17-15(13)16(22)18-8-6-12(21)7-9-18;1-3-5-8-13(7-4-2)15-10-6-9-14-11-12-16(14)15/h12,21H,4-10H2,1-3H3;6,9-10,13H,3-5,7-8,11-12H2,1-2H3. The summed E-state index contributed by atoms with van der Waals surface area (Å²) >= 11 is 5.65. The third-order valence-electron chi connectivity index (χ3n) is 8.12. The first-order valence-electron chi connectivity index (χ1n) is 15.0. The van der Waals surface area contributed by atoms with Gasteiger partial charge < -0.3 is 10.0 Å². The predicted octanol–water partition coefficient (Wildman–Crippen LogP) is 6.59. The van der Waals surface area contributed by atoms with Gasteiger partial charge in [-0.15, -0.1) is 0 Å². The molecule has 1 unspecified atom stereocenters. The second-order valence-electron chi connectivity index (χ2n) is 11.0. The number of unbranched alkanes of at least 4 members (excludes halogenated alkanes) is 1. The van der Waals surface area contributed by atoms with Crippen LogP contribution in [0.3, 0.4) is 0 Å². The number of fused-ring (bicyclic) bond motifs is 1. The Bertz CT molecular complexity index is 1070. The Balaban J connectivity index is 0.000000221. The Hall–Kier alpha value is -2.05. The van der Waals surface area contributed by atoms with Gasteiger partial charge >= 0.3 is 0 Å². The van der Waals surface area contributed by atoms with Gasteiger partial charge in [0.25, 0.3) is 0 Å². The molecule has 0 saturated carbocycles. The van der Waals surface area contributed by atoms with Gasteiger partial charge in [0.2, 0.25) is 0 Å². The Morgan fingerprint density at radius 2 is 1.82 bits per heavy atom. The summed E-state index contributed by atoms with van der Waals surface area (Å²) in [6.45, 7) is 12.2. The molecule has 1 aliphatic heterocycles. The van der Waals surface area contributed by atoms with E-state index in [2.05, 4.69) is 55.9 Å². The number of hydrogen-bond acceptors (Lipinski definition) is 4. The molecule has 1 fully saturated rings. The predicted molar refractivity (Wildman–Crippen MR) is 161 cm³/mol. The first kappa shape index (κ1) is 30.5. The molecule has 1 aromatic heterocycles.